The van der Waals surface area contributed by atoms with E-state index in [0.29, 0.717) is 13.2 Å². The fraction of sp³-hybridized carbons (Fsp3) is 0.615. The van der Waals surface area contributed by atoms with Gasteiger partial charge in [0.15, 0.2) is 0 Å². The summed E-state index contributed by atoms with van der Waals surface area (Å²) < 4.78 is 32.5. The summed E-state index contributed by atoms with van der Waals surface area (Å²) in [7, 11) is -3.57. The van der Waals surface area contributed by atoms with E-state index in [4.69, 9.17) is 16.3 Å². The lowest BCUT2D eigenvalue weighted by atomic mass is 10.1. The number of aromatic nitrogens is 1. The Kier molecular flexibility index (Phi) is 3.99. The average molecular weight is 317 g/mol. The van der Waals surface area contributed by atoms with Crippen LogP contribution in [0.5, 0.6) is 0 Å². The van der Waals surface area contributed by atoms with Crippen molar-refractivity contribution in [3.05, 3.63) is 23.5 Å². The number of halogens is 1. The molecule has 5 nitrogen and oxygen atoms in total. The molecule has 2 aliphatic rings. The lowest BCUT2D eigenvalue weighted by Gasteiger charge is -2.24. The van der Waals surface area contributed by atoms with Crippen LogP contribution in [0.15, 0.2) is 23.4 Å². The van der Waals surface area contributed by atoms with Crippen LogP contribution in [0, 0.1) is 5.92 Å². The molecule has 20 heavy (non-hydrogen) atoms. The molecule has 1 saturated carbocycles. The molecular formula is C13H17ClN2O3S. The highest BCUT2D eigenvalue weighted by atomic mass is 35.5. The summed E-state index contributed by atoms with van der Waals surface area (Å²) in [5.41, 5.74) is 0. The molecule has 0 spiro atoms. The lowest BCUT2D eigenvalue weighted by Crippen LogP contribution is -2.37. The molecule has 0 N–H and O–H groups in total. The minimum Gasteiger partial charge on any atom is -0.381 e. The molecule has 7 heteroatoms. The third-order valence-electron chi connectivity index (χ3n) is 3.74. The Morgan fingerprint density at radius 3 is 2.80 bits per heavy atom. The summed E-state index contributed by atoms with van der Waals surface area (Å²) >= 11 is 6.02. The van der Waals surface area contributed by atoms with Gasteiger partial charge in [-0.3, -0.25) is 4.98 Å². The molecule has 2 fully saturated rings. The minimum atomic E-state index is -3.57. The normalized spacial score (nSPS) is 23.4. The van der Waals surface area contributed by atoms with Gasteiger partial charge >= 0.3 is 0 Å². The molecule has 110 valence electrons. The second-order valence-electron chi connectivity index (χ2n) is 5.34. The molecule has 0 bridgehead atoms. The Morgan fingerprint density at radius 1 is 1.40 bits per heavy atom. The maximum absolute atomic E-state index is 12.8. The van der Waals surface area contributed by atoms with E-state index in [0.717, 1.165) is 25.9 Å². The summed E-state index contributed by atoms with van der Waals surface area (Å²) in [4.78, 5) is 3.99. The van der Waals surface area contributed by atoms with Crippen molar-refractivity contribution in [2.75, 3.05) is 19.8 Å². The fourth-order valence-corrected chi connectivity index (χ4v) is 4.64. The van der Waals surface area contributed by atoms with Gasteiger partial charge in [-0.25, -0.2) is 8.42 Å². The molecule has 1 saturated heterocycles. The zero-order valence-electron chi connectivity index (χ0n) is 11.0. The predicted molar refractivity (Wildman–Crippen MR) is 75.1 cm³/mol. The molecule has 0 aromatic carbocycles. The smallest absolute Gasteiger partial charge is 0.246 e. The third-order valence-corrected chi connectivity index (χ3v) is 6.12. The van der Waals surface area contributed by atoms with Crippen molar-refractivity contribution in [1.82, 2.24) is 9.29 Å². The van der Waals surface area contributed by atoms with Crippen LogP contribution in [0.3, 0.4) is 0 Å². The maximum atomic E-state index is 12.8. The SMILES string of the molecule is O=S(=O)(c1cnccc1Cl)N(CC1CCOC1)C1CC1. The largest absolute Gasteiger partial charge is 0.381 e. The van der Waals surface area contributed by atoms with Crippen LogP contribution < -0.4 is 0 Å². The first-order chi connectivity index (χ1) is 9.59. The van der Waals surface area contributed by atoms with Crippen molar-refractivity contribution < 1.29 is 13.2 Å². The molecule has 1 aliphatic heterocycles. The van der Waals surface area contributed by atoms with Crippen molar-refractivity contribution in [1.29, 1.82) is 0 Å². The fourth-order valence-electron chi connectivity index (χ4n) is 2.47. The van der Waals surface area contributed by atoms with Gasteiger partial charge in [0, 0.05) is 31.6 Å². The Balaban J connectivity index is 1.87. The Labute approximate surface area is 123 Å². The summed E-state index contributed by atoms with van der Waals surface area (Å²) in [5, 5.41) is 0.230. The molecular weight excluding hydrogens is 300 g/mol. The highest BCUT2D eigenvalue weighted by molar-refractivity contribution is 7.89. The zero-order chi connectivity index (χ0) is 14.2. The summed E-state index contributed by atoms with van der Waals surface area (Å²) in [6.07, 6.45) is 5.58. The van der Waals surface area contributed by atoms with E-state index < -0.39 is 10.0 Å². The van der Waals surface area contributed by atoms with Crippen molar-refractivity contribution >= 4 is 21.6 Å². The predicted octanol–water partition coefficient (Wildman–Crippen LogP) is 1.92. The highest BCUT2D eigenvalue weighted by Crippen LogP contribution is 2.35. The van der Waals surface area contributed by atoms with Crippen LogP contribution in [-0.4, -0.2) is 43.5 Å². The van der Waals surface area contributed by atoms with Gasteiger partial charge in [0.25, 0.3) is 0 Å². The first-order valence-corrected chi connectivity index (χ1v) is 8.60. The monoisotopic (exact) mass is 316 g/mol. The van der Waals surface area contributed by atoms with E-state index in [2.05, 4.69) is 4.98 Å². The van der Waals surface area contributed by atoms with Gasteiger partial charge in [0.1, 0.15) is 4.90 Å². The number of rotatable bonds is 5. The van der Waals surface area contributed by atoms with Gasteiger partial charge in [-0.1, -0.05) is 11.6 Å². The van der Waals surface area contributed by atoms with Crippen LogP contribution in [0.2, 0.25) is 5.02 Å². The Morgan fingerprint density at radius 2 is 2.20 bits per heavy atom. The molecule has 0 radical (unpaired) electrons. The van der Waals surface area contributed by atoms with Crippen LogP contribution in [0.25, 0.3) is 0 Å². The molecule has 1 aromatic heterocycles. The lowest BCUT2D eigenvalue weighted by molar-refractivity contribution is 0.180. The maximum Gasteiger partial charge on any atom is 0.246 e. The first kappa shape index (κ1) is 14.3. The Bertz CT molecular complexity index is 583. The van der Waals surface area contributed by atoms with Gasteiger partial charge < -0.3 is 4.74 Å². The molecule has 1 aromatic rings. The van der Waals surface area contributed by atoms with Crippen molar-refractivity contribution in [3.8, 4) is 0 Å². The van der Waals surface area contributed by atoms with E-state index in [-0.39, 0.29) is 21.9 Å². The van der Waals surface area contributed by atoms with Crippen molar-refractivity contribution in [3.63, 3.8) is 0 Å². The van der Waals surface area contributed by atoms with Gasteiger partial charge in [-0.2, -0.15) is 4.31 Å². The molecule has 1 atom stereocenters. The van der Waals surface area contributed by atoms with E-state index in [1.807, 2.05) is 0 Å². The van der Waals surface area contributed by atoms with Crippen LogP contribution in [0.1, 0.15) is 19.3 Å². The number of nitrogens with zero attached hydrogens (tertiary/aromatic N) is 2. The molecule has 0 amide bonds. The third kappa shape index (κ3) is 2.83. The summed E-state index contributed by atoms with van der Waals surface area (Å²) in [6, 6.07) is 1.62. The number of pyridine rings is 1. The molecule has 3 rings (SSSR count). The van der Waals surface area contributed by atoms with E-state index in [1.165, 1.54) is 18.5 Å². The number of hydrogen-bond donors (Lipinski definition) is 0. The first-order valence-electron chi connectivity index (χ1n) is 6.78. The number of ether oxygens (including phenoxy) is 1. The number of hydrogen-bond acceptors (Lipinski definition) is 4. The standard InChI is InChI=1S/C13H17ClN2O3S/c14-12-3-5-15-7-13(12)20(17,18)16(11-1-2-11)8-10-4-6-19-9-10/h3,5,7,10-11H,1-2,4,6,8-9H2. The number of sulfonamides is 1. The van der Waals surface area contributed by atoms with Gasteiger partial charge in [0.05, 0.1) is 11.6 Å². The zero-order valence-corrected chi connectivity index (χ0v) is 12.6. The van der Waals surface area contributed by atoms with Gasteiger partial charge in [-0.15, -0.1) is 0 Å². The summed E-state index contributed by atoms with van der Waals surface area (Å²) in [6.45, 7) is 1.87. The van der Waals surface area contributed by atoms with E-state index in [1.54, 1.807) is 4.31 Å². The van der Waals surface area contributed by atoms with E-state index in [9.17, 15) is 8.42 Å². The van der Waals surface area contributed by atoms with Gasteiger partial charge in [0.2, 0.25) is 10.0 Å². The molecule has 2 heterocycles. The second kappa shape index (κ2) is 5.60. The van der Waals surface area contributed by atoms with Crippen LogP contribution >= 0.6 is 11.6 Å². The second-order valence-corrected chi connectivity index (χ2v) is 7.61. The van der Waals surface area contributed by atoms with Crippen LogP contribution in [-0.2, 0) is 14.8 Å². The van der Waals surface area contributed by atoms with Gasteiger partial charge in [-0.05, 0) is 31.2 Å². The molecule has 1 aliphatic carbocycles. The topological polar surface area (TPSA) is 59.5 Å². The summed E-state index contributed by atoms with van der Waals surface area (Å²) in [5.74, 6) is 0.279. The van der Waals surface area contributed by atoms with Crippen molar-refractivity contribution in [2.24, 2.45) is 5.92 Å². The highest BCUT2D eigenvalue weighted by Gasteiger charge is 2.40. The quantitative estimate of drug-likeness (QED) is 0.833. The Hall–Kier alpha value is -0.690. The average Bonchev–Trinajstić information content (AvgIpc) is 3.12. The minimum absolute atomic E-state index is 0.104. The molecule has 1 unspecified atom stereocenters. The van der Waals surface area contributed by atoms with Crippen molar-refractivity contribution in [2.45, 2.75) is 30.2 Å². The van der Waals surface area contributed by atoms with Crippen LogP contribution in [0.4, 0.5) is 0 Å². The van der Waals surface area contributed by atoms with E-state index >= 15 is 0 Å².